The second kappa shape index (κ2) is 9.57. The van der Waals surface area contributed by atoms with Gasteiger partial charge in [-0.3, -0.25) is 4.99 Å². The maximum atomic E-state index is 13.2. The number of hydrogen-bond donors (Lipinski definition) is 1. The van der Waals surface area contributed by atoms with Gasteiger partial charge in [-0.25, -0.2) is 8.42 Å². The second-order valence-electron chi connectivity index (χ2n) is 7.85. The van der Waals surface area contributed by atoms with Gasteiger partial charge >= 0.3 is 0 Å². The fourth-order valence-electron chi connectivity index (χ4n) is 2.38. The molecule has 0 aliphatic carbocycles. The Morgan fingerprint density at radius 1 is 1.03 bits per heavy atom. The lowest BCUT2D eigenvalue weighted by atomic mass is 9.88. The standard InChI is InChI=1S/C21H22Cl3N3O2S/c1-13(21(2,3)4)26-20(27-17-10-15(23)9-16(24)11-17)19(12-25)30(28,29)18-7-5-14(22)6-8-18/h5-11,13,19H,1-4H3,(H,26,27). The molecule has 0 saturated heterocycles. The predicted molar refractivity (Wildman–Crippen MR) is 124 cm³/mol. The predicted octanol–water partition coefficient (Wildman–Crippen LogP) is 6.26. The highest BCUT2D eigenvalue weighted by molar-refractivity contribution is 7.93. The van der Waals surface area contributed by atoms with Gasteiger partial charge in [0.1, 0.15) is 5.84 Å². The van der Waals surface area contributed by atoms with Gasteiger partial charge in [-0.05, 0) is 54.8 Å². The van der Waals surface area contributed by atoms with E-state index in [1.807, 2.05) is 33.8 Å². The Labute approximate surface area is 192 Å². The van der Waals surface area contributed by atoms with E-state index in [-0.39, 0.29) is 22.2 Å². The summed E-state index contributed by atoms with van der Waals surface area (Å²) >= 11 is 18.0. The number of anilines is 1. The van der Waals surface area contributed by atoms with Gasteiger partial charge in [0.25, 0.3) is 0 Å². The number of sulfone groups is 1. The molecule has 0 spiro atoms. The summed E-state index contributed by atoms with van der Waals surface area (Å²) in [5.41, 5.74) is 0.169. The maximum absolute atomic E-state index is 13.2. The molecule has 9 heteroatoms. The minimum absolute atomic E-state index is 0.00629. The third kappa shape index (κ3) is 6.12. The number of rotatable bonds is 5. The maximum Gasteiger partial charge on any atom is 0.209 e. The molecule has 2 aromatic carbocycles. The van der Waals surface area contributed by atoms with Crippen molar-refractivity contribution in [3.05, 3.63) is 57.5 Å². The van der Waals surface area contributed by atoms with Crippen LogP contribution in [0.4, 0.5) is 5.69 Å². The van der Waals surface area contributed by atoms with Gasteiger partial charge in [-0.1, -0.05) is 55.6 Å². The van der Waals surface area contributed by atoms with E-state index in [2.05, 4.69) is 10.3 Å². The Morgan fingerprint density at radius 3 is 2.03 bits per heavy atom. The van der Waals surface area contributed by atoms with Crippen LogP contribution in [-0.2, 0) is 9.84 Å². The van der Waals surface area contributed by atoms with Crippen LogP contribution in [0.5, 0.6) is 0 Å². The molecule has 2 unspecified atom stereocenters. The Hall–Kier alpha value is -1.78. The zero-order valence-corrected chi connectivity index (χ0v) is 20.0. The van der Waals surface area contributed by atoms with Crippen molar-refractivity contribution in [2.45, 2.75) is 43.9 Å². The lowest BCUT2D eigenvalue weighted by Gasteiger charge is -2.26. The summed E-state index contributed by atoms with van der Waals surface area (Å²) in [6.45, 7) is 7.79. The van der Waals surface area contributed by atoms with Crippen LogP contribution in [0.2, 0.25) is 15.1 Å². The van der Waals surface area contributed by atoms with E-state index in [0.29, 0.717) is 20.8 Å². The lowest BCUT2D eigenvalue weighted by molar-refractivity contribution is 0.341. The van der Waals surface area contributed by atoms with Gasteiger partial charge in [-0.2, -0.15) is 5.26 Å². The molecule has 5 nitrogen and oxygen atoms in total. The molecule has 160 valence electrons. The van der Waals surface area contributed by atoms with Crippen molar-refractivity contribution in [1.82, 2.24) is 0 Å². The zero-order valence-electron chi connectivity index (χ0n) is 16.9. The molecule has 2 atom stereocenters. The summed E-state index contributed by atoms with van der Waals surface area (Å²) in [7, 11) is -4.08. The van der Waals surface area contributed by atoms with Crippen molar-refractivity contribution in [1.29, 1.82) is 5.26 Å². The van der Waals surface area contributed by atoms with Crippen LogP contribution in [0, 0.1) is 16.7 Å². The summed E-state index contributed by atoms with van der Waals surface area (Å²) in [6, 6.07) is 11.9. The first kappa shape index (κ1) is 24.5. The molecule has 2 aromatic rings. The van der Waals surface area contributed by atoms with Crippen LogP contribution in [0.3, 0.4) is 0 Å². The molecule has 0 aromatic heterocycles. The zero-order chi connectivity index (χ0) is 22.7. The minimum Gasteiger partial charge on any atom is -0.342 e. The van der Waals surface area contributed by atoms with Crippen LogP contribution < -0.4 is 5.32 Å². The third-order valence-electron chi connectivity index (χ3n) is 4.54. The largest absolute Gasteiger partial charge is 0.342 e. The highest BCUT2D eigenvalue weighted by atomic mass is 35.5. The summed E-state index contributed by atoms with van der Waals surface area (Å²) in [5.74, 6) is -0.00629. The molecular formula is C21H22Cl3N3O2S. The number of amidine groups is 1. The monoisotopic (exact) mass is 485 g/mol. The molecule has 30 heavy (non-hydrogen) atoms. The molecule has 0 amide bonds. The van der Waals surface area contributed by atoms with Crippen molar-refractivity contribution in [2.75, 3.05) is 5.32 Å². The van der Waals surface area contributed by atoms with Crippen LogP contribution in [0.1, 0.15) is 27.7 Å². The number of nitrogens with zero attached hydrogens (tertiary/aromatic N) is 2. The van der Waals surface area contributed by atoms with Gasteiger partial charge in [0.2, 0.25) is 15.1 Å². The van der Waals surface area contributed by atoms with E-state index in [4.69, 9.17) is 34.8 Å². The SMILES string of the molecule is CC(N=C(Nc1cc(Cl)cc(Cl)c1)C(C#N)S(=O)(=O)c1ccc(Cl)cc1)C(C)(C)C. The number of aliphatic imine (C=N–C) groups is 1. The molecule has 1 N–H and O–H groups in total. The molecule has 2 rings (SSSR count). The van der Waals surface area contributed by atoms with Gasteiger partial charge < -0.3 is 5.32 Å². The quantitative estimate of drug-likeness (QED) is 0.399. The fourth-order valence-corrected chi connectivity index (χ4v) is 4.37. The van der Waals surface area contributed by atoms with Gasteiger partial charge in [0.15, 0.2) is 0 Å². The van der Waals surface area contributed by atoms with E-state index in [0.717, 1.165) is 0 Å². The summed E-state index contributed by atoms with van der Waals surface area (Å²) in [4.78, 5) is 4.55. The number of benzene rings is 2. The fraction of sp³-hybridized carbons (Fsp3) is 0.333. The van der Waals surface area contributed by atoms with Crippen LogP contribution in [0.15, 0.2) is 52.4 Å². The smallest absolute Gasteiger partial charge is 0.209 e. The van der Waals surface area contributed by atoms with E-state index in [9.17, 15) is 13.7 Å². The van der Waals surface area contributed by atoms with Crippen molar-refractivity contribution in [3.63, 3.8) is 0 Å². The normalized spacial score (nSPS) is 14.7. The van der Waals surface area contributed by atoms with E-state index in [1.165, 1.54) is 24.3 Å². The summed E-state index contributed by atoms with van der Waals surface area (Å²) < 4.78 is 26.5. The Balaban J connectivity index is 2.59. The number of hydrogen-bond acceptors (Lipinski definition) is 4. The topological polar surface area (TPSA) is 82.3 Å². The van der Waals surface area contributed by atoms with Crippen molar-refractivity contribution in [2.24, 2.45) is 10.4 Å². The summed E-state index contributed by atoms with van der Waals surface area (Å²) in [5, 5.41) is 12.3. The molecule has 0 bridgehead atoms. The van der Waals surface area contributed by atoms with Gasteiger partial charge in [-0.15, -0.1) is 0 Å². The number of halogens is 3. The molecule has 0 heterocycles. The van der Waals surface area contributed by atoms with Crippen molar-refractivity contribution in [3.8, 4) is 6.07 Å². The molecule has 0 fully saturated rings. The molecule has 0 aliphatic heterocycles. The van der Waals surface area contributed by atoms with E-state index >= 15 is 0 Å². The highest BCUT2D eigenvalue weighted by Crippen LogP contribution is 2.27. The van der Waals surface area contributed by atoms with Crippen molar-refractivity contribution < 1.29 is 8.42 Å². The first-order valence-electron chi connectivity index (χ1n) is 9.04. The van der Waals surface area contributed by atoms with Crippen LogP contribution in [0.25, 0.3) is 0 Å². The molecule has 0 saturated carbocycles. The molecular weight excluding hydrogens is 465 g/mol. The molecule has 0 radical (unpaired) electrons. The average molecular weight is 487 g/mol. The average Bonchev–Trinajstić information content (AvgIpc) is 2.60. The van der Waals surface area contributed by atoms with E-state index in [1.54, 1.807) is 18.2 Å². The van der Waals surface area contributed by atoms with E-state index < -0.39 is 15.1 Å². The van der Waals surface area contributed by atoms with Gasteiger partial charge in [0.05, 0.1) is 17.0 Å². The summed E-state index contributed by atoms with van der Waals surface area (Å²) in [6.07, 6.45) is 0. The van der Waals surface area contributed by atoms with Crippen LogP contribution in [-0.4, -0.2) is 25.5 Å². The van der Waals surface area contributed by atoms with Gasteiger partial charge in [0, 0.05) is 20.8 Å². The number of nitriles is 1. The second-order valence-corrected chi connectivity index (χ2v) is 11.2. The minimum atomic E-state index is -4.08. The Kier molecular flexibility index (Phi) is 7.81. The lowest BCUT2D eigenvalue weighted by Crippen LogP contribution is -2.36. The first-order valence-corrected chi connectivity index (χ1v) is 11.7. The Bertz CT molecular complexity index is 1070. The van der Waals surface area contributed by atoms with Crippen molar-refractivity contribution >= 4 is 56.2 Å². The third-order valence-corrected chi connectivity index (χ3v) is 7.11. The number of nitrogens with one attached hydrogen (secondary N) is 1. The first-order chi connectivity index (χ1) is 13.8. The van der Waals surface area contributed by atoms with Crippen LogP contribution >= 0.6 is 34.8 Å². The Morgan fingerprint density at radius 2 is 1.57 bits per heavy atom. The highest BCUT2D eigenvalue weighted by Gasteiger charge is 2.34. The molecule has 0 aliphatic rings.